The van der Waals surface area contributed by atoms with Crippen LogP contribution in [0.2, 0.25) is 0 Å². The maximum atomic E-state index is 11.8. The number of nitrogens with zero attached hydrogens (tertiary/aromatic N) is 1. The lowest BCUT2D eigenvalue weighted by molar-refractivity contribution is -0.143. The molecule has 0 aromatic carbocycles. The van der Waals surface area contributed by atoms with Gasteiger partial charge in [0.15, 0.2) is 0 Å². The molecular weight excluding hydrogens is 252 g/mol. The van der Waals surface area contributed by atoms with Crippen LogP contribution in [0, 0.1) is 5.92 Å². The minimum absolute atomic E-state index is 0.0769. The van der Waals surface area contributed by atoms with Crippen molar-refractivity contribution < 1.29 is 24.2 Å². The highest BCUT2D eigenvalue weighted by Gasteiger charge is 2.19. The monoisotopic (exact) mass is 274 g/mol. The van der Waals surface area contributed by atoms with Crippen molar-refractivity contribution >= 4 is 17.8 Å². The van der Waals surface area contributed by atoms with E-state index in [9.17, 15) is 14.4 Å². The zero-order chi connectivity index (χ0) is 14.8. The molecule has 7 nitrogen and oxygen atoms in total. The molecule has 110 valence electrons. The number of ether oxygens (including phenoxy) is 1. The summed E-state index contributed by atoms with van der Waals surface area (Å²) in [5.74, 6) is -1.97. The van der Waals surface area contributed by atoms with Gasteiger partial charge in [0.05, 0.1) is 5.92 Å². The molecule has 0 aromatic rings. The molecule has 0 heterocycles. The highest BCUT2D eigenvalue weighted by atomic mass is 16.5. The van der Waals surface area contributed by atoms with Gasteiger partial charge in [0.2, 0.25) is 11.8 Å². The summed E-state index contributed by atoms with van der Waals surface area (Å²) in [4.78, 5) is 34.7. The van der Waals surface area contributed by atoms with Crippen LogP contribution in [0.5, 0.6) is 0 Å². The molecule has 0 rings (SSSR count). The van der Waals surface area contributed by atoms with Crippen LogP contribution in [0.1, 0.15) is 20.3 Å². The zero-order valence-corrected chi connectivity index (χ0v) is 11.6. The van der Waals surface area contributed by atoms with Gasteiger partial charge in [-0.2, -0.15) is 0 Å². The summed E-state index contributed by atoms with van der Waals surface area (Å²) in [6.45, 7) is 3.86. The third-order valence-electron chi connectivity index (χ3n) is 2.52. The van der Waals surface area contributed by atoms with Gasteiger partial charge in [0.1, 0.15) is 6.61 Å². The molecule has 0 aliphatic heterocycles. The molecule has 0 aliphatic rings. The molecule has 0 aromatic heterocycles. The van der Waals surface area contributed by atoms with Gasteiger partial charge in [0.25, 0.3) is 0 Å². The molecule has 1 atom stereocenters. The number of nitrogens with one attached hydrogen (secondary N) is 1. The number of rotatable bonds is 9. The van der Waals surface area contributed by atoms with E-state index >= 15 is 0 Å². The molecule has 19 heavy (non-hydrogen) atoms. The first-order chi connectivity index (χ1) is 8.88. The Morgan fingerprint density at radius 2 is 2.00 bits per heavy atom. The van der Waals surface area contributed by atoms with Crippen LogP contribution in [0.15, 0.2) is 0 Å². The average molecular weight is 274 g/mol. The number of amides is 2. The molecule has 1 unspecified atom stereocenters. The molecule has 2 N–H and O–H groups in total. The van der Waals surface area contributed by atoms with Crippen LogP contribution in [0.25, 0.3) is 0 Å². The Labute approximate surface area is 112 Å². The van der Waals surface area contributed by atoms with Crippen molar-refractivity contribution in [2.45, 2.75) is 20.3 Å². The standard InChI is InChI=1S/C12H22N2O5/c1-9(12(17)18)7-14(11(16)8-19-3)6-4-5-13-10(2)15/h9H,4-8H2,1-3H3,(H,13,15)(H,17,18). The van der Waals surface area contributed by atoms with Crippen molar-refractivity contribution in [1.29, 1.82) is 0 Å². The fourth-order valence-corrected chi connectivity index (χ4v) is 1.48. The second kappa shape index (κ2) is 9.32. The van der Waals surface area contributed by atoms with E-state index in [1.165, 1.54) is 18.9 Å². The van der Waals surface area contributed by atoms with E-state index in [4.69, 9.17) is 9.84 Å². The highest BCUT2D eigenvalue weighted by molar-refractivity contribution is 5.78. The van der Waals surface area contributed by atoms with E-state index in [1.54, 1.807) is 6.92 Å². The summed E-state index contributed by atoms with van der Waals surface area (Å²) >= 11 is 0. The maximum absolute atomic E-state index is 11.8. The lowest BCUT2D eigenvalue weighted by Gasteiger charge is -2.24. The fraction of sp³-hybridized carbons (Fsp3) is 0.750. The summed E-state index contributed by atoms with van der Waals surface area (Å²) in [5, 5.41) is 11.5. The van der Waals surface area contributed by atoms with Crippen LogP contribution >= 0.6 is 0 Å². The third kappa shape index (κ3) is 8.15. The molecule has 0 bridgehead atoms. The van der Waals surface area contributed by atoms with Crippen molar-refractivity contribution in [2.24, 2.45) is 5.92 Å². The minimum Gasteiger partial charge on any atom is -0.481 e. The average Bonchev–Trinajstić information content (AvgIpc) is 2.32. The lowest BCUT2D eigenvalue weighted by Crippen LogP contribution is -2.40. The number of aliphatic carboxylic acids is 1. The predicted molar refractivity (Wildman–Crippen MR) is 68.6 cm³/mol. The minimum atomic E-state index is -0.947. The molecule has 0 saturated heterocycles. The van der Waals surface area contributed by atoms with Gasteiger partial charge in [-0.25, -0.2) is 0 Å². The first-order valence-corrected chi connectivity index (χ1v) is 6.12. The molecule has 0 saturated carbocycles. The lowest BCUT2D eigenvalue weighted by atomic mass is 10.1. The van der Waals surface area contributed by atoms with Gasteiger partial charge in [-0.1, -0.05) is 6.92 Å². The summed E-state index contributed by atoms with van der Waals surface area (Å²) in [7, 11) is 1.41. The van der Waals surface area contributed by atoms with Crippen LogP contribution in [0.3, 0.4) is 0 Å². The second-order valence-corrected chi connectivity index (χ2v) is 4.35. The smallest absolute Gasteiger partial charge is 0.308 e. The number of hydrogen-bond donors (Lipinski definition) is 2. The van der Waals surface area contributed by atoms with E-state index in [1.807, 2.05) is 0 Å². The van der Waals surface area contributed by atoms with Gasteiger partial charge in [-0.05, 0) is 6.42 Å². The number of carboxylic acids is 1. The fourth-order valence-electron chi connectivity index (χ4n) is 1.48. The molecule has 0 aliphatic carbocycles. The van der Waals surface area contributed by atoms with Crippen molar-refractivity contribution in [3.8, 4) is 0 Å². The third-order valence-corrected chi connectivity index (χ3v) is 2.52. The van der Waals surface area contributed by atoms with E-state index in [2.05, 4.69) is 5.32 Å². The largest absolute Gasteiger partial charge is 0.481 e. The van der Waals surface area contributed by atoms with Crippen LogP contribution in [-0.4, -0.2) is 61.1 Å². The quantitative estimate of drug-likeness (QED) is 0.563. The van der Waals surface area contributed by atoms with Gasteiger partial charge in [0, 0.05) is 33.7 Å². The Bertz CT molecular complexity index is 319. The molecule has 0 spiro atoms. The van der Waals surface area contributed by atoms with E-state index in [-0.39, 0.29) is 25.0 Å². The van der Waals surface area contributed by atoms with Gasteiger partial charge in [-0.3, -0.25) is 14.4 Å². The van der Waals surface area contributed by atoms with E-state index < -0.39 is 11.9 Å². The molecular formula is C12H22N2O5. The van der Waals surface area contributed by atoms with Crippen LogP contribution in [-0.2, 0) is 19.1 Å². The first kappa shape index (κ1) is 17.4. The van der Waals surface area contributed by atoms with E-state index in [0.29, 0.717) is 19.5 Å². The molecule has 7 heteroatoms. The second-order valence-electron chi connectivity index (χ2n) is 4.35. The van der Waals surface area contributed by atoms with Crippen molar-refractivity contribution in [2.75, 3.05) is 33.4 Å². The summed E-state index contributed by atoms with van der Waals surface area (Å²) in [5.41, 5.74) is 0. The number of hydrogen-bond acceptors (Lipinski definition) is 4. The SMILES string of the molecule is COCC(=O)N(CCCNC(C)=O)CC(C)C(=O)O. The summed E-state index contributed by atoms with van der Waals surface area (Å²) < 4.78 is 4.76. The van der Waals surface area contributed by atoms with Gasteiger partial charge >= 0.3 is 5.97 Å². The normalized spacial score (nSPS) is 11.7. The number of carbonyl (C=O) groups is 3. The number of methoxy groups -OCH3 is 1. The van der Waals surface area contributed by atoms with Crippen LogP contribution in [0.4, 0.5) is 0 Å². The topological polar surface area (TPSA) is 95.9 Å². The van der Waals surface area contributed by atoms with Crippen molar-refractivity contribution in [3.05, 3.63) is 0 Å². The number of carboxylic acid groups (broad SMARTS) is 1. The van der Waals surface area contributed by atoms with Crippen LogP contribution < -0.4 is 5.32 Å². The molecule has 0 fully saturated rings. The Hall–Kier alpha value is -1.63. The Morgan fingerprint density at radius 3 is 2.47 bits per heavy atom. The first-order valence-electron chi connectivity index (χ1n) is 6.12. The summed E-state index contributed by atoms with van der Waals surface area (Å²) in [6, 6.07) is 0. The van der Waals surface area contributed by atoms with Crippen molar-refractivity contribution in [1.82, 2.24) is 10.2 Å². The summed E-state index contributed by atoms with van der Waals surface area (Å²) in [6.07, 6.45) is 0.571. The predicted octanol–water partition coefficient (Wildman–Crippen LogP) is -0.292. The maximum Gasteiger partial charge on any atom is 0.308 e. The molecule has 0 radical (unpaired) electrons. The zero-order valence-electron chi connectivity index (χ0n) is 11.6. The Balaban J connectivity index is 4.29. The van der Waals surface area contributed by atoms with Gasteiger partial charge < -0.3 is 20.1 Å². The van der Waals surface area contributed by atoms with Crippen molar-refractivity contribution in [3.63, 3.8) is 0 Å². The Kier molecular flexibility index (Phi) is 8.52. The Morgan fingerprint density at radius 1 is 1.37 bits per heavy atom. The number of carbonyl (C=O) groups excluding carboxylic acids is 2. The van der Waals surface area contributed by atoms with E-state index in [0.717, 1.165) is 0 Å². The van der Waals surface area contributed by atoms with Gasteiger partial charge in [-0.15, -0.1) is 0 Å². The highest BCUT2D eigenvalue weighted by Crippen LogP contribution is 2.02. The molecule has 2 amide bonds.